The van der Waals surface area contributed by atoms with Gasteiger partial charge in [0.1, 0.15) is 11.5 Å². The average Bonchev–Trinajstić information content (AvgIpc) is 2.74. The van der Waals surface area contributed by atoms with E-state index in [9.17, 15) is 10.2 Å². The summed E-state index contributed by atoms with van der Waals surface area (Å²) in [6.45, 7) is 22.3. The van der Waals surface area contributed by atoms with Gasteiger partial charge < -0.3 is 20.1 Å². The van der Waals surface area contributed by atoms with E-state index in [2.05, 4.69) is 69.2 Å². The molecule has 0 radical (unpaired) electrons. The van der Waals surface area contributed by atoms with E-state index in [1.165, 1.54) is 6.42 Å². The van der Waals surface area contributed by atoms with E-state index in [1.807, 2.05) is 24.3 Å². The molecule has 0 amide bonds. The molecular formula is C30H52O4. The summed E-state index contributed by atoms with van der Waals surface area (Å²) in [6, 6.07) is 14.4. The quantitative estimate of drug-likeness (QED) is 0.379. The Morgan fingerprint density at radius 2 is 1.06 bits per heavy atom. The average molecular weight is 477 g/mol. The van der Waals surface area contributed by atoms with Crippen LogP contribution in [0.3, 0.4) is 0 Å². The summed E-state index contributed by atoms with van der Waals surface area (Å²) in [5, 5.41) is 26.8. The Bertz CT molecular complexity index is 646. The highest BCUT2D eigenvalue weighted by Crippen LogP contribution is 2.32. The highest BCUT2D eigenvalue weighted by molar-refractivity contribution is 5.41. The molecule has 2 aromatic rings. The van der Waals surface area contributed by atoms with Crippen LogP contribution >= 0.6 is 0 Å². The Kier molecular flexibility index (Phi) is 19.4. The van der Waals surface area contributed by atoms with Crippen molar-refractivity contribution in [2.24, 2.45) is 11.8 Å². The zero-order valence-electron chi connectivity index (χ0n) is 23.4. The van der Waals surface area contributed by atoms with E-state index >= 15 is 0 Å². The summed E-state index contributed by atoms with van der Waals surface area (Å²) in [5.74, 6) is 1.86. The van der Waals surface area contributed by atoms with Crippen LogP contribution < -0.4 is 0 Å². The SMILES string of the molecule is CC(C)(c1ccc(O)cc1)c1ccc(O)cc1.CC(C)CCO.CC(C)COC(C)C.CCC. The summed E-state index contributed by atoms with van der Waals surface area (Å²) in [6.07, 6.45) is 2.57. The smallest absolute Gasteiger partial charge is 0.115 e. The van der Waals surface area contributed by atoms with Gasteiger partial charge in [-0.15, -0.1) is 0 Å². The molecule has 0 bridgehead atoms. The second-order valence-corrected chi connectivity index (χ2v) is 10.1. The molecule has 0 aliphatic heterocycles. The van der Waals surface area contributed by atoms with Crippen molar-refractivity contribution in [2.45, 2.75) is 93.6 Å². The second kappa shape index (κ2) is 19.3. The van der Waals surface area contributed by atoms with Crippen molar-refractivity contribution in [3.05, 3.63) is 59.7 Å². The molecular weight excluding hydrogens is 424 g/mol. The molecule has 196 valence electrons. The molecule has 0 aromatic heterocycles. The second-order valence-electron chi connectivity index (χ2n) is 10.1. The molecule has 34 heavy (non-hydrogen) atoms. The van der Waals surface area contributed by atoms with Gasteiger partial charge in [-0.05, 0) is 67.5 Å². The molecule has 3 N–H and O–H groups in total. The van der Waals surface area contributed by atoms with Gasteiger partial charge in [0, 0.05) is 18.6 Å². The van der Waals surface area contributed by atoms with Crippen LogP contribution in [0.15, 0.2) is 48.5 Å². The lowest BCUT2D eigenvalue weighted by molar-refractivity contribution is 0.0593. The molecule has 0 fully saturated rings. The van der Waals surface area contributed by atoms with Crippen molar-refractivity contribution in [3.8, 4) is 11.5 Å². The maximum absolute atomic E-state index is 9.30. The van der Waals surface area contributed by atoms with Crippen LogP contribution in [0.2, 0.25) is 0 Å². The monoisotopic (exact) mass is 476 g/mol. The van der Waals surface area contributed by atoms with Gasteiger partial charge >= 0.3 is 0 Å². The topological polar surface area (TPSA) is 69.9 Å². The Morgan fingerprint density at radius 3 is 1.24 bits per heavy atom. The molecule has 0 aliphatic carbocycles. The predicted molar refractivity (Wildman–Crippen MR) is 147 cm³/mol. The number of benzene rings is 2. The van der Waals surface area contributed by atoms with E-state index in [1.54, 1.807) is 24.3 Å². The maximum atomic E-state index is 9.30. The fourth-order valence-electron chi connectivity index (χ4n) is 2.57. The zero-order valence-corrected chi connectivity index (χ0v) is 23.4. The number of aliphatic hydroxyl groups is 1. The van der Waals surface area contributed by atoms with Gasteiger partial charge in [0.05, 0.1) is 6.10 Å². The van der Waals surface area contributed by atoms with Crippen LogP contribution in [0.1, 0.15) is 93.2 Å². The summed E-state index contributed by atoms with van der Waals surface area (Å²) in [4.78, 5) is 0. The van der Waals surface area contributed by atoms with E-state index in [4.69, 9.17) is 9.84 Å². The first kappa shape index (κ1) is 34.1. The van der Waals surface area contributed by atoms with E-state index in [0.717, 1.165) is 24.2 Å². The first-order valence-corrected chi connectivity index (χ1v) is 12.6. The van der Waals surface area contributed by atoms with Gasteiger partial charge in [0.15, 0.2) is 0 Å². The molecule has 0 saturated carbocycles. The minimum absolute atomic E-state index is 0.151. The van der Waals surface area contributed by atoms with Crippen molar-refractivity contribution in [2.75, 3.05) is 13.2 Å². The summed E-state index contributed by atoms with van der Waals surface area (Å²) in [5.41, 5.74) is 2.10. The van der Waals surface area contributed by atoms with Crippen LogP contribution in [0.4, 0.5) is 0 Å². The number of aliphatic hydroxyl groups excluding tert-OH is 1. The molecule has 0 heterocycles. The van der Waals surface area contributed by atoms with Crippen molar-refractivity contribution in [1.82, 2.24) is 0 Å². The zero-order chi connectivity index (χ0) is 26.7. The number of aromatic hydroxyl groups is 2. The van der Waals surface area contributed by atoms with Crippen LogP contribution in [-0.2, 0) is 10.2 Å². The van der Waals surface area contributed by atoms with Crippen molar-refractivity contribution in [3.63, 3.8) is 0 Å². The summed E-state index contributed by atoms with van der Waals surface area (Å²) < 4.78 is 5.30. The molecule has 0 spiro atoms. The first-order valence-electron chi connectivity index (χ1n) is 12.6. The molecule has 2 aromatic carbocycles. The number of ether oxygens (including phenoxy) is 1. The number of hydrogen-bond acceptors (Lipinski definition) is 4. The number of rotatable bonds is 7. The largest absolute Gasteiger partial charge is 0.508 e. The third-order valence-corrected chi connectivity index (χ3v) is 4.65. The molecule has 4 heteroatoms. The van der Waals surface area contributed by atoms with Gasteiger partial charge in [0.2, 0.25) is 0 Å². The van der Waals surface area contributed by atoms with Crippen LogP contribution in [0.5, 0.6) is 11.5 Å². The number of phenols is 2. The third-order valence-electron chi connectivity index (χ3n) is 4.65. The lowest BCUT2D eigenvalue weighted by atomic mass is 9.78. The van der Waals surface area contributed by atoms with Crippen LogP contribution in [-0.4, -0.2) is 34.6 Å². The Balaban J connectivity index is 0. The number of phenolic OH excluding ortho intramolecular Hbond substituents is 2. The van der Waals surface area contributed by atoms with Crippen molar-refractivity contribution < 1.29 is 20.1 Å². The minimum Gasteiger partial charge on any atom is -0.508 e. The summed E-state index contributed by atoms with van der Waals surface area (Å²) in [7, 11) is 0. The fraction of sp³-hybridized carbons (Fsp3) is 0.600. The Hall–Kier alpha value is -2.04. The van der Waals surface area contributed by atoms with Crippen molar-refractivity contribution >= 4 is 0 Å². The lowest BCUT2D eigenvalue weighted by Crippen LogP contribution is -2.18. The molecule has 0 atom stereocenters. The predicted octanol–water partition coefficient (Wildman–Crippen LogP) is 7.93. The first-order chi connectivity index (χ1) is 15.8. The normalized spacial score (nSPS) is 10.6. The van der Waals surface area contributed by atoms with Gasteiger partial charge in [-0.1, -0.05) is 86.1 Å². The molecule has 0 saturated heterocycles. The molecule has 2 rings (SSSR count). The van der Waals surface area contributed by atoms with E-state index in [0.29, 0.717) is 24.5 Å². The molecule has 0 unspecified atom stereocenters. The number of hydrogen-bond donors (Lipinski definition) is 3. The van der Waals surface area contributed by atoms with Crippen LogP contribution in [0, 0.1) is 11.8 Å². The van der Waals surface area contributed by atoms with E-state index < -0.39 is 0 Å². The van der Waals surface area contributed by atoms with Gasteiger partial charge in [-0.3, -0.25) is 0 Å². The highest BCUT2D eigenvalue weighted by Gasteiger charge is 2.22. The van der Waals surface area contributed by atoms with E-state index in [-0.39, 0.29) is 16.9 Å². The highest BCUT2D eigenvalue weighted by atomic mass is 16.5. The van der Waals surface area contributed by atoms with Gasteiger partial charge in [0.25, 0.3) is 0 Å². The van der Waals surface area contributed by atoms with Crippen LogP contribution in [0.25, 0.3) is 0 Å². The standard InChI is InChI=1S/C15H16O2.C7H16O.C5H12O.C3H8/c1-15(2,11-3-7-13(16)8-4-11)12-5-9-14(17)10-6-12;1-6(2)5-8-7(3)4;1-5(2)3-4-6;1-3-2/h3-10,16-17H,1-2H3;6-7H,5H2,1-4H3;5-6H,3-4H2,1-2H3;3H2,1-2H3. The molecule has 0 aliphatic rings. The summed E-state index contributed by atoms with van der Waals surface area (Å²) >= 11 is 0. The fourth-order valence-corrected chi connectivity index (χ4v) is 2.57. The Labute approximate surface area is 210 Å². The Morgan fingerprint density at radius 1 is 0.706 bits per heavy atom. The van der Waals surface area contributed by atoms with Crippen molar-refractivity contribution in [1.29, 1.82) is 0 Å². The third kappa shape index (κ3) is 17.4. The maximum Gasteiger partial charge on any atom is 0.115 e. The molecule has 4 nitrogen and oxygen atoms in total. The lowest BCUT2D eigenvalue weighted by Gasteiger charge is -2.26. The minimum atomic E-state index is -0.151. The van der Waals surface area contributed by atoms with Gasteiger partial charge in [-0.25, -0.2) is 0 Å². The van der Waals surface area contributed by atoms with Gasteiger partial charge in [-0.2, -0.15) is 0 Å².